The molecule has 0 aromatic carbocycles. The van der Waals surface area contributed by atoms with E-state index < -0.39 is 11.9 Å². The van der Waals surface area contributed by atoms with Crippen LogP contribution >= 0.6 is 0 Å². The number of pyridine rings is 1. The summed E-state index contributed by atoms with van der Waals surface area (Å²) < 4.78 is 5.13. The standard InChI is InChI=1S/C11H13NO3/c1-15-9-6-12-5-4-8(9)10(11(13)14)7-2-3-7/h4-7,10H,2-3H2,1H3,(H,13,14). The number of carboxylic acid groups (broad SMARTS) is 1. The van der Waals surface area contributed by atoms with Crippen LogP contribution in [0, 0.1) is 5.92 Å². The van der Waals surface area contributed by atoms with Crippen LogP contribution in [0.3, 0.4) is 0 Å². The minimum absolute atomic E-state index is 0.263. The molecule has 1 fully saturated rings. The van der Waals surface area contributed by atoms with Crippen molar-refractivity contribution in [2.24, 2.45) is 5.92 Å². The second kappa shape index (κ2) is 3.88. The number of rotatable bonds is 4. The molecule has 0 saturated heterocycles. The number of carboxylic acids is 1. The van der Waals surface area contributed by atoms with Gasteiger partial charge in [0.25, 0.3) is 0 Å². The van der Waals surface area contributed by atoms with Crippen molar-refractivity contribution in [3.05, 3.63) is 24.0 Å². The predicted molar refractivity (Wildman–Crippen MR) is 53.9 cm³/mol. The Hall–Kier alpha value is -1.58. The molecule has 0 radical (unpaired) electrons. The highest BCUT2D eigenvalue weighted by Gasteiger charge is 2.38. The van der Waals surface area contributed by atoms with Gasteiger partial charge < -0.3 is 9.84 Å². The molecule has 0 amide bonds. The molecule has 0 aliphatic heterocycles. The second-order valence-electron chi connectivity index (χ2n) is 3.77. The van der Waals surface area contributed by atoms with Crippen molar-refractivity contribution < 1.29 is 14.6 Å². The van der Waals surface area contributed by atoms with Crippen LogP contribution in [0.2, 0.25) is 0 Å². The SMILES string of the molecule is COc1cnccc1C(C(=O)O)C1CC1. The first kappa shape index (κ1) is 9.96. The van der Waals surface area contributed by atoms with Crippen LogP contribution < -0.4 is 4.74 Å². The number of hydrogen-bond donors (Lipinski definition) is 1. The van der Waals surface area contributed by atoms with E-state index in [9.17, 15) is 9.90 Å². The van der Waals surface area contributed by atoms with Gasteiger partial charge in [0, 0.05) is 11.8 Å². The third-order valence-electron chi connectivity index (χ3n) is 2.73. The Morgan fingerprint density at radius 1 is 1.67 bits per heavy atom. The van der Waals surface area contributed by atoms with Gasteiger partial charge in [-0.3, -0.25) is 9.78 Å². The van der Waals surface area contributed by atoms with Gasteiger partial charge in [0.05, 0.1) is 19.2 Å². The van der Waals surface area contributed by atoms with Crippen molar-refractivity contribution in [1.29, 1.82) is 0 Å². The maximum absolute atomic E-state index is 11.2. The van der Waals surface area contributed by atoms with Crippen molar-refractivity contribution in [3.8, 4) is 5.75 Å². The highest BCUT2D eigenvalue weighted by atomic mass is 16.5. The molecular weight excluding hydrogens is 194 g/mol. The van der Waals surface area contributed by atoms with E-state index in [0.29, 0.717) is 5.75 Å². The van der Waals surface area contributed by atoms with Gasteiger partial charge in [-0.2, -0.15) is 0 Å². The summed E-state index contributed by atoms with van der Waals surface area (Å²) in [4.78, 5) is 15.1. The number of ether oxygens (including phenoxy) is 1. The summed E-state index contributed by atoms with van der Waals surface area (Å²) in [6.07, 6.45) is 5.15. The lowest BCUT2D eigenvalue weighted by Gasteiger charge is -2.14. The zero-order chi connectivity index (χ0) is 10.8. The van der Waals surface area contributed by atoms with Gasteiger partial charge >= 0.3 is 5.97 Å². The molecule has 1 heterocycles. The average Bonchev–Trinajstić information content (AvgIpc) is 3.03. The maximum Gasteiger partial charge on any atom is 0.311 e. The van der Waals surface area contributed by atoms with E-state index in [-0.39, 0.29) is 5.92 Å². The smallest absolute Gasteiger partial charge is 0.311 e. The number of carbonyl (C=O) groups is 1. The van der Waals surface area contributed by atoms with Gasteiger partial charge in [-0.05, 0) is 24.8 Å². The minimum Gasteiger partial charge on any atom is -0.495 e. The Kier molecular flexibility index (Phi) is 2.58. The fraction of sp³-hybridized carbons (Fsp3) is 0.455. The number of aliphatic carboxylic acids is 1. The maximum atomic E-state index is 11.2. The van der Waals surface area contributed by atoms with Crippen molar-refractivity contribution in [2.45, 2.75) is 18.8 Å². The molecule has 1 aromatic heterocycles. The summed E-state index contributed by atoms with van der Waals surface area (Å²) >= 11 is 0. The highest BCUT2D eigenvalue weighted by molar-refractivity contribution is 5.78. The molecule has 0 spiro atoms. The molecule has 2 rings (SSSR count). The predicted octanol–water partition coefficient (Wildman–Crippen LogP) is 1.67. The van der Waals surface area contributed by atoms with E-state index in [1.165, 1.54) is 7.11 Å². The lowest BCUT2D eigenvalue weighted by atomic mass is 9.94. The van der Waals surface area contributed by atoms with Gasteiger partial charge in [0.15, 0.2) is 0 Å². The van der Waals surface area contributed by atoms with E-state index >= 15 is 0 Å². The summed E-state index contributed by atoms with van der Waals surface area (Å²) in [6, 6.07) is 1.73. The largest absolute Gasteiger partial charge is 0.495 e. The Labute approximate surface area is 87.9 Å². The molecule has 1 N–H and O–H groups in total. The normalized spacial score (nSPS) is 17.1. The van der Waals surface area contributed by atoms with E-state index in [1.807, 2.05) is 0 Å². The minimum atomic E-state index is -0.776. The van der Waals surface area contributed by atoms with Crippen LogP contribution in [-0.4, -0.2) is 23.2 Å². The van der Waals surface area contributed by atoms with E-state index in [4.69, 9.17) is 4.74 Å². The molecule has 4 heteroatoms. The van der Waals surface area contributed by atoms with Crippen LogP contribution in [0.15, 0.2) is 18.5 Å². The van der Waals surface area contributed by atoms with Crippen LogP contribution in [0.25, 0.3) is 0 Å². The first-order valence-electron chi connectivity index (χ1n) is 4.94. The zero-order valence-corrected chi connectivity index (χ0v) is 8.51. The van der Waals surface area contributed by atoms with Crippen LogP contribution in [-0.2, 0) is 4.79 Å². The molecule has 1 aromatic rings. The number of aromatic nitrogens is 1. The summed E-state index contributed by atoms with van der Waals surface area (Å²) in [7, 11) is 1.53. The van der Waals surface area contributed by atoms with E-state index in [0.717, 1.165) is 18.4 Å². The summed E-state index contributed by atoms with van der Waals surface area (Å²) in [6.45, 7) is 0. The second-order valence-corrected chi connectivity index (χ2v) is 3.77. The molecule has 1 aliphatic rings. The first-order valence-corrected chi connectivity index (χ1v) is 4.94. The molecule has 0 bridgehead atoms. The van der Waals surface area contributed by atoms with Crippen LogP contribution in [0.1, 0.15) is 24.3 Å². The highest BCUT2D eigenvalue weighted by Crippen LogP contribution is 2.44. The van der Waals surface area contributed by atoms with Crippen molar-refractivity contribution in [2.75, 3.05) is 7.11 Å². The number of methoxy groups -OCH3 is 1. The average molecular weight is 207 g/mol. The number of hydrogen-bond acceptors (Lipinski definition) is 3. The van der Waals surface area contributed by atoms with Gasteiger partial charge in [-0.25, -0.2) is 0 Å². The van der Waals surface area contributed by atoms with Crippen molar-refractivity contribution >= 4 is 5.97 Å². The van der Waals surface area contributed by atoms with Crippen molar-refractivity contribution in [1.82, 2.24) is 4.98 Å². The Morgan fingerprint density at radius 3 is 2.93 bits per heavy atom. The Bertz CT molecular complexity index is 374. The fourth-order valence-electron chi connectivity index (χ4n) is 1.84. The topological polar surface area (TPSA) is 59.4 Å². The van der Waals surface area contributed by atoms with E-state index in [1.54, 1.807) is 18.5 Å². The molecule has 1 unspecified atom stereocenters. The summed E-state index contributed by atoms with van der Waals surface area (Å²) in [5, 5.41) is 9.18. The van der Waals surface area contributed by atoms with Gasteiger partial charge in [-0.15, -0.1) is 0 Å². The Balaban J connectivity index is 2.36. The molecule has 80 valence electrons. The van der Waals surface area contributed by atoms with Gasteiger partial charge in [-0.1, -0.05) is 0 Å². The third-order valence-corrected chi connectivity index (χ3v) is 2.73. The lowest BCUT2D eigenvalue weighted by Crippen LogP contribution is -2.14. The lowest BCUT2D eigenvalue weighted by molar-refractivity contribution is -0.139. The molecule has 1 aliphatic carbocycles. The van der Waals surface area contributed by atoms with Crippen LogP contribution in [0.4, 0.5) is 0 Å². The summed E-state index contributed by atoms with van der Waals surface area (Å²) in [5.74, 6) is -0.388. The van der Waals surface area contributed by atoms with Gasteiger partial charge in [0.2, 0.25) is 0 Å². The third kappa shape index (κ3) is 1.93. The molecule has 1 atom stereocenters. The number of nitrogens with zero attached hydrogens (tertiary/aromatic N) is 1. The summed E-state index contributed by atoms with van der Waals surface area (Å²) in [5.41, 5.74) is 0.738. The zero-order valence-electron chi connectivity index (χ0n) is 8.51. The van der Waals surface area contributed by atoms with Crippen LogP contribution in [0.5, 0.6) is 5.75 Å². The first-order chi connectivity index (χ1) is 7.24. The van der Waals surface area contributed by atoms with Crippen molar-refractivity contribution in [3.63, 3.8) is 0 Å². The quantitative estimate of drug-likeness (QED) is 0.815. The monoisotopic (exact) mass is 207 g/mol. The molecule has 15 heavy (non-hydrogen) atoms. The van der Waals surface area contributed by atoms with Gasteiger partial charge in [0.1, 0.15) is 5.75 Å². The fourth-order valence-corrected chi connectivity index (χ4v) is 1.84. The molecular formula is C11H13NO3. The molecule has 4 nitrogen and oxygen atoms in total. The Morgan fingerprint density at radius 2 is 2.40 bits per heavy atom. The van der Waals surface area contributed by atoms with E-state index in [2.05, 4.69) is 4.98 Å². The molecule has 1 saturated carbocycles.